The molecule has 0 heterocycles. The van der Waals surface area contributed by atoms with Gasteiger partial charge in [-0.2, -0.15) is 0 Å². The Labute approximate surface area is 105 Å². The zero-order chi connectivity index (χ0) is 11.5. The van der Waals surface area contributed by atoms with E-state index in [1.165, 1.54) is 24.0 Å². The Hall–Kier alpha value is -0.540. The van der Waals surface area contributed by atoms with Gasteiger partial charge in [0.2, 0.25) is 0 Å². The van der Waals surface area contributed by atoms with Crippen molar-refractivity contribution in [1.82, 2.24) is 0 Å². The van der Waals surface area contributed by atoms with Crippen LogP contribution >= 0.6 is 15.9 Å². The fraction of sp³-hybridized carbons (Fsp3) is 0.538. The topological polar surface area (TPSA) is 29.5 Å². The number of halogens is 1. The predicted octanol–water partition coefficient (Wildman–Crippen LogP) is 2.87. The Bertz CT molecular complexity index is 388. The maximum Gasteiger partial charge on any atom is 0.136 e. The average molecular weight is 285 g/mol. The van der Waals surface area contributed by atoms with Gasteiger partial charge in [-0.05, 0) is 64.7 Å². The molecule has 16 heavy (non-hydrogen) atoms. The molecule has 88 valence electrons. The molecule has 3 heteroatoms. The van der Waals surface area contributed by atoms with Crippen LogP contribution in [0, 0.1) is 0 Å². The standard InChI is InChI=1S/C13H17BrO2/c1-16-13-10(6-7-15)8-9-4-2-3-5-11(9)12(13)14/h8,15H,2-7H2,1H3. The van der Waals surface area contributed by atoms with Crippen molar-refractivity contribution in [2.75, 3.05) is 13.7 Å². The first-order valence-corrected chi connectivity index (χ1v) is 6.55. The van der Waals surface area contributed by atoms with E-state index in [2.05, 4.69) is 22.0 Å². The van der Waals surface area contributed by atoms with Crippen molar-refractivity contribution in [3.05, 3.63) is 27.2 Å². The molecule has 0 bridgehead atoms. The van der Waals surface area contributed by atoms with Gasteiger partial charge in [0.15, 0.2) is 0 Å². The van der Waals surface area contributed by atoms with Crippen LogP contribution < -0.4 is 4.74 Å². The molecule has 2 rings (SSSR count). The summed E-state index contributed by atoms with van der Waals surface area (Å²) in [7, 11) is 1.69. The van der Waals surface area contributed by atoms with E-state index in [1.54, 1.807) is 7.11 Å². The molecule has 0 saturated heterocycles. The number of hydrogen-bond acceptors (Lipinski definition) is 2. The van der Waals surface area contributed by atoms with Gasteiger partial charge in [-0.25, -0.2) is 0 Å². The largest absolute Gasteiger partial charge is 0.495 e. The number of fused-ring (bicyclic) bond motifs is 1. The smallest absolute Gasteiger partial charge is 0.136 e. The average Bonchev–Trinajstić information content (AvgIpc) is 2.30. The quantitative estimate of drug-likeness (QED) is 0.925. The minimum Gasteiger partial charge on any atom is -0.495 e. The fourth-order valence-electron chi connectivity index (χ4n) is 2.42. The molecular formula is C13H17BrO2. The lowest BCUT2D eigenvalue weighted by Crippen LogP contribution is -2.07. The van der Waals surface area contributed by atoms with E-state index in [-0.39, 0.29) is 6.61 Å². The molecular weight excluding hydrogens is 268 g/mol. The van der Waals surface area contributed by atoms with Crippen LogP contribution in [-0.4, -0.2) is 18.8 Å². The Balaban J connectivity index is 2.50. The highest BCUT2D eigenvalue weighted by atomic mass is 79.9. The molecule has 1 aliphatic carbocycles. The number of aliphatic hydroxyl groups is 1. The third-order valence-corrected chi connectivity index (χ3v) is 4.04. The minimum absolute atomic E-state index is 0.168. The summed E-state index contributed by atoms with van der Waals surface area (Å²) in [5.74, 6) is 0.898. The first kappa shape index (κ1) is 11.9. The summed E-state index contributed by atoms with van der Waals surface area (Å²) in [6.07, 6.45) is 5.47. The first-order chi connectivity index (χ1) is 7.77. The van der Waals surface area contributed by atoms with Crippen molar-refractivity contribution in [2.24, 2.45) is 0 Å². The number of ether oxygens (including phenoxy) is 1. The van der Waals surface area contributed by atoms with Gasteiger partial charge in [0, 0.05) is 6.61 Å². The van der Waals surface area contributed by atoms with E-state index in [4.69, 9.17) is 9.84 Å². The molecule has 0 aromatic heterocycles. The predicted molar refractivity (Wildman–Crippen MR) is 68.1 cm³/mol. The first-order valence-electron chi connectivity index (χ1n) is 5.76. The second-order valence-corrected chi connectivity index (χ2v) is 4.99. The maximum absolute atomic E-state index is 9.06. The van der Waals surface area contributed by atoms with Crippen LogP contribution in [0.2, 0.25) is 0 Å². The number of aryl methyl sites for hydroxylation is 1. The van der Waals surface area contributed by atoms with E-state index < -0.39 is 0 Å². The number of aliphatic hydroxyl groups excluding tert-OH is 1. The normalized spacial score (nSPS) is 14.7. The molecule has 0 radical (unpaired) electrons. The molecule has 1 aliphatic rings. The zero-order valence-electron chi connectivity index (χ0n) is 9.55. The highest BCUT2D eigenvalue weighted by Gasteiger charge is 2.18. The Morgan fingerprint density at radius 1 is 1.38 bits per heavy atom. The van der Waals surface area contributed by atoms with Gasteiger partial charge in [-0.3, -0.25) is 0 Å². The van der Waals surface area contributed by atoms with Gasteiger partial charge in [-0.1, -0.05) is 6.07 Å². The van der Waals surface area contributed by atoms with Crippen LogP contribution in [0.3, 0.4) is 0 Å². The molecule has 2 nitrogen and oxygen atoms in total. The summed E-state index contributed by atoms with van der Waals surface area (Å²) in [5.41, 5.74) is 3.92. The molecule has 1 aromatic rings. The number of methoxy groups -OCH3 is 1. The van der Waals surface area contributed by atoms with Crippen LogP contribution in [0.4, 0.5) is 0 Å². The van der Waals surface area contributed by atoms with Crippen LogP contribution in [0.1, 0.15) is 29.5 Å². The third-order valence-electron chi connectivity index (χ3n) is 3.20. The van der Waals surface area contributed by atoms with E-state index in [1.807, 2.05) is 0 Å². The molecule has 0 amide bonds. The second kappa shape index (κ2) is 5.19. The summed E-state index contributed by atoms with van der Waals surface area (Å²) >= 11 is 3.64. The van der Waals surface area contributed by atoms with Crippen LogP contribution in [0.5, 0.6) is 5.75 Å². The van der Waals surface area contributed by atoms with E-state index in [0.717, 1.165) is 28.6 Å². The van der Waals surface area contributed by atoms with Crippen molar-refractivity contribution in [3.63, 3.8) is 0 Å². The Morgan fingerprint density at radius 2 is 2.12 bits per heavy atom. The molecule has 0 atom stereocenters. The molecule has 0 saturated carbocycles. The molecule has 1 aromatic carbocycles. The van der Waals surface area contributed by atoms with Crippen molar-refractivity contribution in [1.29, 1.82) is 0 Å². The van der Waals surface area contributed by atoms with Crippen molar-refractivity contribution < 1.29 is 9.84 Å². The number of rotatable bonds is 3. The molecule has 1 N–H and O–H groups in total. The summed E-state index contributed by atoms with van der Waals surface area (Å²) < 4.78 is 6.53. The maximum atomic E-state index is 9.06. The summed E-state index contributed by atoms with van der Waals surface area (Å²) in [4.78, 5) is 0. The van der Waals surface area contributed by atoms with Gasteiger partial charge in [0.05, 0.1) is 11.6 Å². The summed E-state index contributed by atoms with van der Waals surface area (Å²) in [6, 6.07) is 2.20. The minimum atomic E-state index is 0.168. The number of hydrogen-bond donors (Lipinski definition) is 1. The lowest BCUT2D eigenvalue weighted by atomic mass is 9.89. The van der Waals surface area contributed by atoms with Gasteiger partial charge in [0.25, 0.3) is 0 Å². The highest BCUT2D eigenvalue weighted by molar-refractivity contribution is 9.10. The monoisotopic (exact) mass is 284 g/mol. The molecule has 0 unspecified atom stereocenters. The van der Waals surface area contributed by atoms with Crippen molar-refractivity contribution in [3.8, 4) is 5.75 Å². The van der Waals surface area contributed by atoms with Gasteiger partial charge in [0.1, 0.15) is 5.75 Å². The summed E-state index contributed by atoms with van der Waals surface area (Å²) in [5, 5.41) is 9.06. The Kier molecular flexibility index (Phi) is 3.87. The lowest BCUT2D eigenvalue weighted by molar-refractivity contribution is 0.296. The van der Waals surface area contributed by atoms with Gasteiger partial charge >= 0.3 is 0 Å². The summed E-state index contributed by atoms with van der Waals surface area (Å²) in [6.45, 7) is 0.168. The highest BCUT2D eigenvalue weighted by Crippen LogP contribution is 2.38. The van der Waals surface area contributed by atoms with E-state index in [9.17, 15) is 0 Å². The SMILES string of the molecule is COc1c(CCO)cc2c(c1Br)CCCC2. The van der Waals surface area contributed by atoms with E-state index >= 15 is 0 Å². The van der Waals surface area contributed by atoms with Crippen LogP contribution in [0.25, 0.3) is 0 Å². The van der Waals surface area contributed by atoms with Crippen molar-refractivity contribution in [2.45, 2.75) is 32.1 Å². The van der Waals surface area contributed by atoms with Gasteiger partial charge in [-0.15, -0.1) is 0 Å². The van der Waals surface area contributed by atoms with E-state index in [0.29, 0.717) is 6.42 Å². The lowest BCUT2D eigenvalue weighted by Gasteiger charge is -2.21. The fourth-order valence-corrected chi connectivity index (χ4v) is 3.29. The van der Waals surface area contributed by atoms with Crippen LogP contribution in [0.15, 0.2) is 10.5 Å². The van der Waals surface area contributed by atoms with Crippen molar-refractivity contribution >= 4 is 15.9 Å². The third kappa shape index (κ3) is 2.11. The zero-order valence-corrected chi connectivity index (χ0v) is 11.1. The number of benzene rings is 1. The Morgan fingerprint density at radius 3 is 2.81 bits per heavy atom. The van der Waals surface area contributed by atoms with Gasteiger partial charge < -0.3 is 9.84 Å². The molecule has 0 spiro atoms. The van der Waals surface area contributed by atoms with Crippen LogP contribution in [-0.2, 0) is 19.3 Å². The molecule has 0 aliphatic heterocycles. The molecule has 0 fully saturated rings. The second-order valence-electron chi connectivity index (χ2n) is 4.20.